The standard InChI is InChI=1S/C19H16BrN5/c1-25-7-6-12-14(8-21)18(24)19(10-22,11-23)17(15(12)9-25)13-4-2-3-5-16(13)20/h2-6,14-15,17,24H,7,9H2,1H3/t14?,15-,17+/m1/s1. The molecule has 0 amide bonds. The van der Waals surface area contributed by atoms with Crippen LogP contribution in [0.25, 0.3) is 0 Å². The van der Waals surface area contributed by atoms with Gasteiger partial charge in [-0.05, 0) is 24.3 Å². The van der Waals surface area contributed by atoms with Crippen molar-refractivity contribution in [2.24, 2.45) is 17.3 Å². The lowest BCUT2D eigenvalue weighted by Crippen LogP contribution is -2.52. The summed E-state index contributed by atoms with van der Waals surface area (Å²) in [6.45, 7) is 1.35. The van der Waals surface area contributed by atoms with Crippen LogP contribution in [0.5, 0.6) is 0 Å². The van der Waals surface area contributed by atoms with E-state index in [1.165, 1.54) is 0 Å². The third kappa shape index (κ3) is 2.48. The Morgan fingerprint density at radius 1 is 1.24 bits per heavy atom. The summed E-state index contributed by atoms with van der Waals surface area (Å²) in [5.41, 5.74) is -0.0528. The quantitative estimate of drug-likeness (QED) is 0.740. The Bertz CT molecular complexity index is 868. The first kappa shape index (κ1) is 17.4. The zero-order chi connectivity index (χ0) is 18.2. The van der Waals surface area contributed by atoms with Crippen molar-refractivity contribution in [2.75, 3.05) is 20.1 Å². The van der Waals surface area contributed by atoms with E-state index >= 15 is 0 Å². The van der Waals surface area contributed by atoms with Crippen LogP contribution in [0.2, 0.25) is 0 Å². The number of halogens is 1. The average Bonchev–Trinajstić information content (AvgIpc) is 2.62. The molecule has 3 rings (SSSR count). The van der Waals surface area contributed by atoms with Crippen LogP contribution in [0.4, 0.5) is 0 Å². The first-order chi connectivity index (χ1) is 12.0. The zero-order valence-corrected chi connectivity index (χ0v) is 15.3. The number of nitrogens with one attached hydrogen (secondary N) is 1. The fourth-order valence-electron chi connectivity index (χ4n) is 4.02. The molecule has 1 heterocycles. The lowest BCUT2D eigenvalue weighted by Gasteiger charge is -2.47. The lowest BCUT2D eigenvalue weighted by molar-refractivity contribution is 0.234. The molecule has 1 aromatic carbocycles. The van der Waals surface area contributed by atoms with Crippen LogP contribution in [0.3, 0.4) is 0 Å². The van der Waals surface area contributed by atoms with Gasteiger partial charge in [0.25, 0.3) is 0 Å². The van der Waals surface area contributed by atoms with E-state index in [4.69, 9.17) is 5.41 Å². The van der Waals surface area contributed by atoms with Crippen molar-refractivity contribution in [3.05, 3.63) is 46.0 Å². The Balaban J connectivity index is 2.30. The molecular formula is C19H16BrN5. The number of rotatable bonds is 1. The monoisotopic (exact) mass is 393 g/mol. The minimum atomic E-state index is -1.65. The van der Waals surface area contributed by atoms with Crippen LogP contribution < -0.4 is 0 Å². The first-order valence-electron chi connectivity index (χ1n) is 7.94. The van der Waals surface area contributed by atoms with Crippen molar-refractivity contribution in [3.8, 4) is 18.2 Å². The van der Waals surface area contributed by atoms with Crippen LogP contribution >= 0.6 is 15.9 Å². The van der Waals surface area contributed by atoms with E-state index in [2.05, 4.69) is 39.0 Å². The smallest absolute Gasteiger partial charge is 0.189 e. The second-order valence-corrected chi connectivity index (χ2v) is 7.39. The molecule has 5 nitrogen and oxygen atoms in total. The Hall–Kier alpha value is -2.46. The Morgan fingerprint density at radius 2 is 1.92 bits per heavy atom. The highest BCUT2D eigenvalue weighted by atomic mass is 79.9. The summed E-state index contributed by atoms with van der Waals surface area (Å²) in [4.78, 5) is 2.11. The van der Waals surface area contributed by atoms with E-state index in [1.807, 2.05) is 37.4 Å². The van der Waals surface area contributed by atoms with Gasteiger partial charge in [0, 0.05) is 29.4 Å². The maximum atomic E-state index is 9.93. The molecule has 1 unspecified atom stereocenters. The molecule has 0 spiro atoms. The molecule has 0 saturated heterocycles. The molecule has 124 valence electrons. The van der Waals surface area contributed by atoms with Crippen molar-refractivity contribution in [1.29, 1.82) is 21.2 Å². The topological polar surface area (TPSA) is 98.5 Å². The van der Waals surface area contributed by atoms with Gasteiger partial charge in [-0.1, -0.05) is 40.2 Å². The van der Waals surface area contributed by atoms with E-state index in [1.54, 1.807) is 0 Å². The number of nitriles is 3. The summed E-state index contributed by atoms with van der Waals surface area (Å²) in [7, 11) is 1.98. The predicted molar refractivity (Wildman–Crippen MR) is 96.4 cm³/mol. The second kappa shape index (κ2) is 6.45. The summed E-state index contributed by atoms with van der Waals surface area (Å²) < 4.78 is 0.811. The van der Waals surface area contributed by atoms with Crippen LogP contribution in [-0.2, 0) is 0 Å². The first-order valence-corrected chi connectivity index (χ1v) is 8.73. The van der Waals surface area contributed by atoms with Crippen LogP contribution in [-0.4, -0.2) is 30.7 Å². The number of benzene rings is 1. The van der Waals surface area contributed by atoms with Gasteiger partial charge < -0.3 is 10.3 Å². The summed E-state index contributed by atoms with van der Waals surface area (Å²) in [5, 5.41) is 38.0. The Kier molecular flexibility index (Phi) is 4.48. The molecule has 1 fully saturated rings. The van der Waals surface area contributed by atoms with Crippen LogP contribution in [0.15, 0.2) is 40.4 Å². The number of nitrogens with zero attached hydrogens (tertiary/aromatic N) is 4. The normalized spacial score (nSPS) is 28.0. The molecule has 1 N–H and O–H groups in total. The van der Waals surface area contributed by atoms with Gasteiger partial charge in [0.15, 0.2) is 5.41 Å². The third-order valence-corrected chi connectivity index (χ3v) is 5.94. The van der Waals surface area contributed by atoms with Gasteiger partial charge in [-0.3, -0.25) is 0 Å². The fourth-order valence-corrected chi connectivity index (χ4v) is 4.55. The van der Waals surface area contributed by atoms with E-state index in [0.717, 1.165) is 15.6 Å². The summed E-state index contributed by atoms with van der Waals surface area (Å²) >= 11 is 3.54. The van der Waals surface area contributed by atoms with Gasteiger partial charge in [0.1, 0.15) is 5.92 Å². The molecule has 1 aliphatic heterocycles. The molecule has 25 heavy (non-hydrogen) atoms. The fraction of sp³-hybridized carbons (Fsp3) is 0.368. The SMILES string of the molecule is CN1CC=C2C(C#N)C(=N)C(C#N)(C#N)[C@@H](c3ccccc3Br)[C@@H]2C1. The molecule has 0 radical (unpaired) electrons. The molecule has 1 saturated carbocycles. The van der Waals surface area contributed by atoms with Gasteiger partial charge in [-0.2, -0.15) is 15.8 Å². The highest BCUT2D eigenvalue weighted by Crippen LogP contribution is 2.54. The van der Waals surface area contributed by atoms with Gasteiger partial charge in [0.05, 0.1) is 23.9 Å². The Labute approximate surface area is 155 Å². The number of fused-ring (bicyclic) bond motifs is 1. The van der Waals surface area contributed by atoms with Gasteiger partial charge in [-0.15, -0.1) is 0 Å². The summed E-state index contributed by atoms with van der Waals surface area (Å²) in [5.74, 6) is -1.46. The molecule has 0 aromatic heterocycles. The van der Waals surface area contributed by atoms with Crippen molar-refractivity contribution in [1.82, 2.24) is 4.90 Å². The minimum Gasteiger partial charge on any atom is -0.305 e. The minimum absolute atomic E-state index is 0.104. The second-order valence-electron chi connectivity index (χ2n) is 6.54. The molecule has 1 aliphatic carbocycles. The van der Waals surface area contributed by atoms with Gasteiger partial charge >= 0.3 is 0 Å². The van der Waals surface area contributed by atoms with Crippen molar-refractivity contribution in [3.63, 3.8) is 0 Å². The number of hydrogen-bond donors (Lipinski definition) is 1. The maximum absolute atomic E-state index is 9.93. The lowest BCUT2D eigenvalue weighted by atomic mass is 9.54. The van der Waals surface area contributed by atoms with Crippen LogP contribution in [0.1, 0.15) is 11.5 Å². The van der Waals surface area contributed by atoms with E-state index in [-0.39, 0.29) is 11.6 Å². The van der Waals surface area contributed by atoms with Gasteiger partial charge in [0.2, 0.25) is 0 Å². The molecule has 1 aromatic rings. The predicted octanol–water partition coefficient (Wildman–Crippen LogP) is 3.23. The van der Waals surface area contributed by atoms with E-state index in [0.29, 0.717) is 13.1 Å². The zero-order valence-electron chi connectivity index (χ0n) is 13.7. The van der Waals surface area contributed by atoms with E-state index in [9.17, 15) is 15.8 Å². The number of hydrogen-bond acceptors (Lipinski definition) is 5. The highest BCUT2D eigenvalue weighted by molar-refractivity contribution is 9.10. The third-order valence-electron chi connectivity index (χ3n) is 5.21. The molecule has 2 aliphatic rings. The van der Waals surface area contributed by atoms with Crippen molar-refractivity contribution < 1.29 is 0 Å². The van der Waals surface area contributed by atoms with E-state index < -0.39 is 17.3 Å². The Morgan fingerprint density at radius 3 is 2.52 bits per heavy atom. The molecule has 3 atom stereocenters. The number of likely N-dealkylation sites (N-methyl/N-ethyl adjacent to an activating group) is 1. The highest BCUT2D eigenvalue weighted by Gasteiger charge is 2.57. The van der Waals surface area contributed by atoms with Gasteiger partial charge in [-0.25, -0.2) is 0 Å². The largest absolute Gasteiger partial charge is 0.305 e. The summed E-state index contributed by atoms with van der Waals surface area (Å²) in [6, 6.07) is 13.9. The van der Waals surface area contributed by atoms with Crippen molar-refractivity contribution >= 4 is 21.6 Å². The van der Waals surface area contributed by atoms with Crippen molar-refractivity contribution in [2.45, 2.75) is 5.92 Å². The molecular weight excluding hydrogens is 378 g/mol. The van der Waals surface area contributed by atoms with Crippen LogP contribution in [0, 0.1) is 56.7 Å². The maximum Gasteiger partial charge on any atom is 0.189 e. The molecule has 0 bridgehead atoms. The average molecular weight is 394 g/mol. The summed E-state index contributed by atoms with van der Waals surface area (Å²) in [6.07, 6.45) is 1.99. The molecule has 6 heteroatoms.